The minimum atomic E-state index is -0.324. The van der Waals surface area contributed by atoms with Crippen LogP contribution in [0.15, 0.2) is 76.3 Å². The summed E-state index contributed by atoms with van der Waals surface area (Å²) in [6, 6.07) is 15.6. The predicted molar refractivity (Wildman–Crippen MR) is 113 cm³/mol. The Labute approximate surface area is 176 Å². The number of rotatable bonds is 5. The summed E-state index contributed by atoms with van der Waals surface area (Å²) in [5, 5.41) is 8.44. The van der Waals surface area contributed by atoms with Crippen LogP contribution in [0.1, 0.15) is 18.4 Å². The normalized spacial score (nSPS) is 11.3. The highest BCUT2D eigenvalue weighted by atomic mass is 19.1. The van der Waals surface area contributed by atoms with Gasteiger partial charge in [0.05, 0.1) is 5.69 Å². The number of nitrogens with zero attached hydrogens (tertiary/aromatic N) is 5. The van der Waals surface area contributed by atoms with Crippen molar-refractivity contribution in [1.82, 2.24) is 24.3 Å². The van der Waals surface area contributed by atoms with Crippen LogP contribution in [0.2, 0.25) is 0 Å². The Balaban J connectivity index is 1.43. The van der Waals surface area contributed by atoms with E-state index in [1.807, 2.05) is 24.3 Å². The lowest BCUT2D eigenvalue weighted by Crippen LogP contribution is -2.21. The van der Waals surface area contributed by atoms with Crippen LogP contribution in [0.5, 0.6) is 0 Å². The molecule has 154 valence electrons. The molecule has 0 fully saturated rings. The van der Waals surface area contributed by atoms with Gasteiger partial charge in [0.1, 0.15) is 17.9 Å². The molecule has 0 unspecified atom stereocenters. The van der Waals surface area contributed by atoms with E-state index in [1.165, 1.54) is 26.8 Å². The van der Waals surface area contributed by atoms with E-state index < -0.39 is 0 Å². The lowest BCUT2D eigenvalue weighted by Gasteiger charge is -2.02. The van der Waals surface area contributed by atoms with Crippen LogP contribution >= 0.6 is 0 Å². The average Bonchev–Trinajstić information content (AvgIpc) is 3.44. The summed E-state index contributed by atoms with van der Waals surface area (Å²) in [5.74, 6) is 0.490. The average molecular weight is 415 g/mol. The molecule has 0 N–H and O–H groups in total. The van der Waals surface area contributed by atoms with Crippen molar-refractivity contribution in [1.29, 1.82) is 0 Å². The molecule has 0 radical (unpaired) electrons. The molecule has 3 heterocycles. The first-order valence-electron chi connectivity index (χ1n) is 9.87. The molecule has 8 heteroatoms. The molecular weight excluding hydrogens is 397 g/mol. The molecule has 3 aromatic heterocycles. The zero-order valence-corrected chi connectivity index (χ0v) is 16.7. The van der Waals surface area contributed by atoms with E-state index in [-0.39, 0.29) is 17.9 Å². The highest BCUT2D eigenvalue weighted by Gasteiger charge is 2.13. The number of benzene rings is 2. The molecule has 0 aliphatic heterocycles. The quantitative estimate of drug-likeness (QED) is 0.434. The topological polar surface area (TPSA) is 78.2 Å². The van der Waals surface area contributed by atoms with E-state index in [2.05, 4.69) is 22.2 Å². The van der Waals surface area contributed by atoms with Crippen molar-refractivity contribution in [2.45, 2.75) is 19.9 Å². The molecule has 5 aromatic rings. The lowest BCUT2D eigenvalue weighted by molar-refractivity contribution is 0.370. The van der Waals surface area contributed by atoms with Crippen molar-refractivity contribution >= 4 is 5.52 Å². The third-order valence-corrected chi connectivity index (χ3v) is 5.14. The number of halogens is 1. The van der Waals surface area contributed by atoms with Gasteiger partial charge in [-0.3, -0.25) is 4.79 Å². The van der Waals surface area contributed by atoms with E-state index in [9.17, 15) is 9.18 Å². The molecular formula is C23H18FN5O2. The highest BCUT2D eigenvalue weighted by Crippen LogP contribution is 2.19. The Morgan fingerprint density at radius 3 is 2.48 bits per heavy atom. The summed E-state index contributed by atoms with van der Waals surface area (Å²) in [4.78, 5) is 17.3. The molecule has 5 rings (SSSR count). The van der Waals surface area contributed by atoms with Crippen molar-refractivity contribution < 1.29 is 8.91 Å². The maximum absolute atomic E-state index is 13.2. The maximum atomic E-state index is 13.2. The van der Waals surface area contributed by atoms with Crippen LogP contribution in [0.25, 0.3) is 28.2 Å². The van der Waals surface area contributed by atoms with Crippen molar-refractivity contribution in [2.24, 2.45) is 0 Å². The van der Waals surface area contributed by atoms with Crippen LogP contribution in [0.3, 0.4) is 0 Å². The summed E-state index contributed by atoms with van der Waals surface area (Å²) in [6.45, 7) is 2.24. The van der Waals surface area contributed by atoms with Crippen molar-refractivity contribution in [3.8, 4) is 22.6 Å². The molecule has 0 saturated carbocycles. The van der Waals surface area contributed by atoms with Crippen LogP contribution < -0.4 is 5.56 Å². The van der Waals surface area contributed by atoms with Gasteiger partial charge in [-0.05, 0) is 42.3 Å². The minimum absolute atomic E-state index is 0.145. The molecule has 0 spiro atoms. The summed E-state index contributed by atoms with van der Waals surface area (Å²) >= 11 is 0. The van der Waals surface area contributed by atoms with Crippen molar-refractivity contribution in [3.63, 3.8) is 0 Å². The molecule has 31 heavy (non-hydrogen) atoms. The third kappa shape index (κ3) is 3.63. The van der Waals surface area contributed by atoms with Gasteiger partial charge < -0.3 is 9.09 Å². The van der Waals surface area contributed by atoms with Gasteiger partial charge in [0, 0.05) is 23.5 Å². The fourth-order valence-electron chi connectivity index (χ4n) is 3.38. The maximum Gasteiger partial charge on any atom is 0.277 e. The second-order valence-corrected chi connectivity index (χ2v) is 7.16. The van der Waals surface area contributed by atoms with E-state index in [1.54, 1.807) is 30.6 Å². The van der Waals surface area contributed by atoms with Gasteiger partial charge in [-0.2, -0.15) is 10.1 Å². The molecule has 0 atom stereocenters. The van der Waals surface area contributed by atoms with Crippen molar-refractivity contribution in [3.05, 3.63) is 94.6 Å². The Bertz CT molecular complexity index is 1420. The van der Waals surface area contributed by atoms with Gasteiger partial charge in [0.25, 0.3) is 5.56 Å². The summed E-state index contributed by atoms with van der Waals surface area (Å²) in [5.41, 5.74) is 3.56. The van der Waals surface area contributed by atoms with Gasteiger partial charge in [-0.25, -0.2) is 8.91 Å². The number of hydrogen-bond acceptors (Lipinski definition) is 5. The molecule has 0 aliphatic rings. The second kappa shape index (κ2) is 7.64. The number of fused-ring (bicyclic) bond motifs is 1. The standard InChI is InChI=1S/C23H18FN5O2/c1-2-15-3-5-17(6-4-15)22-25-21(31-27-22)14-28-11-12-29-20(23(28)30)13-19(26-29)16-7-9-18(24)10-8-16/h3-13H,2,14H2,1H3. The summed E-state index contributed by atoms with van der Waals surface area (Å²) < 4.78 is 21.5. The van der Waals surface area contributed by atoms with Crippen LogP contribution in [0, 0.1) is 5.82 Å². The molecule has 7 nitrogen and oxygen atoms in total. The molecule has 0 saturated heterocycles. The smallest absolute Gasteiger partial charge is 0.277 e. The molecule has 0 aliphatic carbocycles. The molecule has 0 bridgehead atoms. The number of aryl methyl sites for hydroxylation is 1. The Morgan fingerprint density at radius 2 is 1.74 bits per heavy atom. The van der Waals surface area contributed by atoms with Gasteiger partial charge in [0.15, 0.2) is 0 Å². The predicted octanol–water partition coefficient (Wildman–Crippen LogP) is 3.96. The Kier molecular flexibility index (Phi) is 4.66. The Hall–Kier alpha value is -4.07. The third-order valence-electron chi connectivity index (χ3n) is 5.14. The van der Waals surface area contributed by atoms with E-state index in [0.717, 1.165) is 17.5 Å². The SMILES string of the molecule is CCc1ccc(-c2noc(Cn3ccn4nc(-c5ccc(F)cc5)cc4c3=O)n2)cc1. The summed E-state index contributed by atoms with van der Waals surface area (Å²) in [6.07, 6.45) is 4.27. The van der Waals surface area contributed by atoms with Gasteiger partial charge in [-0.1, -0.05) is 36.3 Å². The van der Waals surface area contributed by atoms with Crippen LogP contribution in [-0.4, -0.2) is 24.3 Å². The van der Waals surface area contributed by atoms with E-state index in [0.29, 0.717) is 22.9 Å². The van der Waals surface area contributed by atoms with E-state index >= 15 is 0 Å². The Morgan fingerprint density at radius 1 is 1.00 bits per heavy atom. The van der Waals surface area contributed by atoms with Crippen LogP contribution in [0.4, 0.5) is 4.39 Å². The minimum Gasteiger partial charge on any atom is -0.337 e. The monoisotopic (exact) mass is 415 g/mol. The lowest BCUT2D eigenvalue weighted by atomic mass is 10.1. The largest absolute Gasteiger partial charge is 0.337 e. The molecule has 2 aromatic carbocycles. The first kappa shape index (κ1) is 18.9. The zero-order valence-electron chi connectivity index (χ0n) is 16.7. The number of hydrogen-bond donors (Lipinski definition) is 0. The first-order chi connectivity index (χ1) is 15.1. The fourth-order valence-corrected chi connectivity index (χ4v) is 3.38. The fraction of sp³-hybridized carbons (Fsp3) is 0.130. The molecule has 0 amide bonds. The van der Waals surface area contributed by atoms with Gasteiger partial charge in [-0.15, -0.1) is 0 Å². The first-order valence-corrected chi connectivity index (χ1v) is 9.87. The second-order valence-electron chi connectivity index (χ2n) is 7.16. The van der Waals surface area contributed by atoms with E-state index in [4.69, 9.17) is 4.52 Å². The summed E-state index contributed by atoms with van der Waals surface area (Å²) in [7, 11) is 0. The number of aromatic nitrogens is 5. The zero-order chi connectivity index (χ0) is 21.4. The van der Waals surface area contributed by atoms with Gasteiger partial charge >= 0.3 is 0 Å². The van der Waals surface area contributed by atoms with Gasteiger partial charge in [0.2, 0.25) is 11.7 Å². The highest BCUT2D eigenvalue weighted by molar-refractivity contribution is 5.65. The van der Waals surface area contributed by atoms with Crippen LogP contribution in [-0.2, 0) is 13.0 Å². The van der Waals surface area contributed by atoms with Crippen molar-refractivity contribution in [2.75, 3.05) is 0 Å².